The Kier molecular flexibility index (Phi) is 6.09. The highest BCUT2D eigenvalue weighted by Crippen LogP contribution is 2.36. The van der Waals surface area contributed by atoms with Gasteiger partial charge >= 0.3 is 0 Å². The zero-order chi connectivity index (χ0) is 21.9. The van der Waals surface area contributed by atoms with E-state index in [1.54, 1.807) is 12.5 Å². The van der Waals surface area contributed by atoms with Gasteiger partial charge < -0.3 is 9.64 Å². The van der Waals surface area contributed by atoms with Crippen LogP contribution in [0.2, 0.25) is 0 Å². The molecule has 0 saturated carbocycles. The van der Waals surface area contributed by atoms with Crippen molar-refractivity contribution in [1.29, 1.82) is 0 Å². The van der Waals surface area contributed by atoms with Gasteiger partial charge in [-0.2, -0.15) is 10.2 Å². The van der Waals surface area contributed by atoms with E-state index in [2.05, 4.69) is 90.6 Å². The number of halogens is 1. The van der Waals surface area contributed by atoms with Crippen LogP contribution in [0.1, 0.15) is 20.7 Å². The maximum Gasteiger partial charge on any atom is 0.116 e. The molecule has 4 aromatic rings. The summed E-state index contributed by atoms with van der Waals surface area (Å²) >= 11 is 2.41. The molecule has 0 amide bonds. The van der Waals surface area contributed by atoms with Gasteiger partial charge in [0.1, 0.15) is 6.33 Å². The third-order valence-corrected chi connectivity index (χ3v) is 7.01. The number of benzene rings is 2. The number of hydrogen-bond donors (Lipinski definition) is 0. The minimum Gasteiger partial charge on any atom is -0.378 e. The lowest BCUT2D eigenvalue weighted by molar-refractivity contribution is 0.122. The molecular formula is C25H22IN5O. The number of fused-ring (bicyclic) bond motifs is 1. The van der Waals surface area contributed by atoms with Crippen molar-refractivity contribution in [2.75, 3.05) is 31.2 Å². The van der Waals surface area contributed by atoms with Crippen molar-refractivity contribution < 1.29 is 4.74 Å². The van der Waals surface area contributed by atoms with E-state index in [1.807, 2.05) is 18.2 Å². The molecule has 1 unspecified atom stereocenters. The molecule has 6 nitrogen and oxygen atoms in total. The van der Waals surface area contributed by atoms with Crippen molar-refractivity contribution in [3.63, 3.8) is 0 Å². The largest absolute Gasteiger partial charge is 0.378 e. The van der Waals surface area contributed by atoms with Gasteiger partial charge in [0, 0.05) is 35.9 Å². The van der Waals surface area contributed by atoms with E-state index in [0.717, 1.165) is 65.3 Å². The Bertz CT molecular complexity index is 1260. The molecule has 0 bridgehead atoms. The summed E-state index contributed by atoms with van der Waals surface area (Å²) in [6.45, 7) is 7.31. The highest BCUT2D eigenvalue weighted by atomic mass is 127. The van der Waals surface area contributed by atoms with Crippen LogP contribution >= 0.6 is 22.6 Å². The fourth-order valence-electron chi connectivity index (χ4n) is 4.03. The summed E-state index contributed by atoms with van der Waals surface area (Å²) in [6, 6.07) is 16.7. The first-order valence-corrected chi connectivity index (χ1v) is 11.7. The molecule has 2 aromatic carbocycles. The van der Waals surface area contributed by atoms with Crippen LogP contribution in [-0.4, -0.2) is 46.5 Å². The molecule has 1 aliphatic rings. The van der Waals surface area contributed by atoms with Crippen LogP contribution in [0.25, 0.3) is 28.2 Å². The van der Waals surface area contributed by atoms with Gasteiger partial charge in [0.15, 0.2) is 0 Å². The summed E-state index contributed by atoms with van der Waals surface area (Å²) in [7, 11) is 0. The van der Waals surface area contributed by atoms with E-state index in [1.165, 1.54) is 5.69 Å². The Hall–Kier alpha value is -2.91. The number of anilines is 1. The van der Waals surface area contributed by atoms with Crippen molar-refractivity contribution in [3.05, 3.63) is 84.5 Å². The summed E-state index contributed by atoms with van der Waals surface area (Å²) < 4.78 is 5.53. The monoisotopic (exact) mass is 535 g/mol. The van der Waals surface area contributed by atoms with Crippen molar-refractivity contribution in [1.82, 2.24) is 20.2 Å². The third kappa shape index (κ3) is 4.10. The van der Waals surface area contributed by atoms with Crippen molar-refractivity contribution in [2.24, 2.45) is 0 Å². The molecule has 2 aromatic heterocycles. The highest BCUT2D eigenvalue weighted by molar-refractivity contribution is 14.1. The molecule has 32 heavy (non-hydrogen) atoms. The maximum absolute atomic E-state index is 5.48. The first-order chi connectivity index (χ1) is 15.7. The van der Waals surface area contributed by atoms with Gasteiger partial charge in [0.05, 0.1) is 34.0 Å². The Morgan fingerprint density at radius 1 is 1.06 bits per heavy atom. The summed E-state index contributed by atoms with van der Waals surface area (Å²) in [4.78, 5) is 11.5. The van der Waals surface area contributed by atoms with Crippen LogP contribution in [0.5, 0.6) is 0 Å². The second kappa shape index (κ2) is 9.30. The smallest absolute Gasteiger partial charge is 0.116 e. The summed E-state index contributed by atoms with van der Waals surface area (Å²) in [5.74, 6) is 0. The quantitative estimate of drug-likeness (QED) is 0.262. The van der Waals surface area contributed by atoms with Crippen LogP contribution in [0.3, 0.4) is 0 Å². The minimum atomic E-state index is 0.0512. The molecule has 5 rings (SSSR count). The van der Waals surface area contributed by atoms with E-state index in [4.69, 9.17) is 4.74 Å². The molecule has 0 spiro atoms. The Balaban J connectivity index is 1.57. The molecule has 7 heteroatoms. The maximum atomic E-state index is 5.48. The molecule has 1 fully saturated rings. The van der Waals surface area contributed by atoms with E-state index in [0.29, 0.717) is 0 Å². The summed E-state index contributed by atoms with van der Waals surface area (Å²) in [5.41, 5.74) is 7.19. The van der Waals surface area contributed by atoms with E-state index in [9.17, 15) is 0 Å². The molecule has 1 aliphatic heterocycles. The first kappa shape index (κ1) is 21.0. The lowest BCUT2D eigenvalue weighted by Crippen LogP contribution is -2.36. The number of morpholine rings is 1. The van der Waals surface area contributed by atoms with Crippen LogP contribution in [0.15, 0.2) is 67.6 Å². The van der Waals surface area contributed by atoms with Crippen LogP contribution in [-0.2, 0) is 4.74 Å². The van der Waals surface area contributed by atoms with E-state index in [-0.39, 0.29) is 3.92 Å². The van der Waals surface area contributed by atoms with Crippen LogP contribution < -0.4 is 4.90 Å². The Morgan fingerprint density at radius 3 is 2.72 bits per heavy atom. The van der Waals surface area contributed by atoms with E-state index >= 15 is 0 Å². The second-order valence-electron chi connectivity index (χ2n) is 7.58. The van der Waals surface area contributed by atoms with Crippen LogP contribution in [0, 0.1) is 0 Å². The van der Waals surface area contributed by atoms with E-state index < -0.39 is 0 Å². The zero-order valence-corrected chi connectivity index (χ0v) is 19.6. The standard InChI is InChI=1S/C25H22IN5O/c1-2-17-5-6-18(14-21(17)24(26)22-4-3-9-29-30-22)25-20-8-7-19(15-23(20)27-16-28-25)31-10-12-32-13-11-31/h2-9,14-16,24H,1,10-13H2. The van der Waals surface area contributed by atoms with Gasteiger partial charge in [-0.1, -0.05) is 47.4 Å². The van der Waals surface area contributed by atoms with Crippen molar-refractivity contribution in [3.8, 4) is 11.3 Å². The molecular weight excluding hydrogens is 513 g/mol. The van der Waals surface area contributed by atoms with Crippen molar-refractivity contribution in [2.45, 2.75) is 3.92 Å². The number of hydrogen-bond acceptors (Lipinski definition) is 6. The highest BCUT2D eigenvalue weighted by Gasteiger charge is 2.18. The zero-order valence-electron chi connectivity index (χ0n) is 17.5. The van der Waals surface area contributed by atoms with Crippen molar-refractivity contribution >= 4 is 45.3 Å². The van der Waals surface area contributed by atoms with Crippen LogP contribution in [0.4, 0.5) is 5.69 Å². The minimum absolute atomic E-state index is 0.0512. The second-order valence-corrected chi connectivity index (χ2v) is 8.83. The molecule has 1 atom stereocenters. The number of rotatable bonds is 5. The molecule has 0 N–H and O–H groups in total. The molecule has 0 aliphatic carbocycles. The van der Waals surface area contributed by atoms with Gasteiger partial charge in [0.25, 0.3) is 0 Å². The van der Waals surface area contributed by atoms with Gasteiger partial charge in [-0.05, 0) is 47.5 Å². The number of aromatic nitrogens is 4. The average molecular weight is 535 g/mol. The Morgan fingerprint density at radius 2 is 1.94 bits per heavy atom. The third-order valence-electron chi connectivity index (χ3n) is 5.70. The van der Waals surface area contributed by atoms with Gasteiger partial charge in [-0.25, -0.2) is 9.97 Å². The first-order valence-electron chi connectivity index (χ1n) is 10.5. The number of ether oxygens (including phenoxy) is 1. The SMILES string of the molecule is C=Cc1ccc(-c2ncnc3cc(N4CCOCC4)ccc23)cc1C(I)c1cccnn1. The van der Waals surface area contributed by atoms with Gasteiger partial charge in [-0.3, -0.25) is 0 Å². The number of alkyl halides is 1. The van der Waals surface area contributed by atoms with Gasteiger partial charge in [0.2, 0.25) is 0 Å². The summed E-state index contributed by atoms with van der Waals surface area (Å²) in [6.07, 6.45) is 5.22. The lowest BCUT2D eigenvalue weighted by atomic mass is 9.97. The predicted molar refractivity (Wildman–Crippen MR) is 136 cm³/mol. The molecule has 1 saturated heterocycles. The molecule has 0 radical (unpaired) electrons. The van der Waals surface area contributed by atoms with Gasteiger partial charge in [-0.15, -0.1) is 0 Å². The summed E-state index contributed by atoms with van der Waals surface area (Å²) in [5, 5.41) is 9.38. The lowest BCUT2D eigenvalue weighted by Gasteiger charge is -2.29. The fraction of sp³-hybridized carbons (Fsp3) is 0.200. The molecule has 3 heterocycles. The molecule has 160 valence electrons. The average Bonchev–Trinajstić information content (AvgIpc) is 2.88. The Labute approximate surface area is 200 Å². The fourth-order valence-corrected chi connectivity index (χ4v) is 4.90. The normalized spacial score (nSPS) is 15.0. The topological polar surface area (TPSA) is 64.0 Å². The predicted octanol–water partition coefficient (Wildman–Crippen LogP) is 5.09. The number of nitrogens with zero attached hydrogens (tertiary/aromatic N) is 5.